The molecule has 2 N–H and O–H groups in total. The zero-order valence-electron chi connectivity index (χ0n) is 18.8. The number of fused-ring (bicyclic) bond motifs is 1. The van der Waals surface area contributed by atoms with Crippen molar-refractivity contribution in [1.82, 2.24) is 14.9 Å². The average molecular weight is 422 g/mol. The summed E-state index contributed by atoms with van der Waals surface area (Å²) < 4.78 is 5.40. The first-order valence-corrected chi connectivity index (χ1v) is 11.1. The summed E-state index contributed by atoms with van der Waals surface area (Å²) in [6.07, 6.45) is 5.55. The van der Waals surface area contributed by atoms with Gasteiger partial charge in [-0.1, -0.05) is 13.3 Å². The van der Waals surface area contributed by atoms with Crippen LogP contribution in [0.3, 0.4) is 0 Å². The molecule has 0 unspecified atom stereocenters. The van der Waals surface area contributed by atoms with E-state index in [-0.39, 0.29) is 11.7 Å². The molecule has 1 aliphatic rings. The van der Waals surface area contributed by atoms with Gasteiger partial charge in [-0.15, -0.1) is 0 Å². The number of aromatic amines is 2. The number of ether oxygens (including phenoxy) is 1. The van der Waals surface area contributed by atoms with Crippen molar-refractivity contribution in [2.45, 2.75) is 52.4 Å². The summed E-state index contributed by atoms with van der Waals surface area (Å²) in [5.41, 5.74) is 5.36. The molecule has 6 heteroatoms. The highest BCUT2D eigenvalue weighted by Gasteiger charge is 2.30. The Bertz CT molecular complexity index is 1120. The molecule has 1 saturated heterocycles. The van der Waals surface area contributed by atoms with Gasteiger partial charge in [-0.3, -0.25) is 9.59 Å². The van der Waals surface area contributed by atoms with E-state index in [0.717, 1.165) is 48.2 Å². The predicted molar refractivity (Wildman–Crippen MR) is 122 cm³/mol. The smallest absolute Gasteiger partial charge is 0.270 e. The Hall–Kier alpha value is -3.02. The molecule has 164 valence electrons. The van der Waals surface area contributed by atoms with Crippen LogP contribution in [0.4, 0.5) is 0 Å². The fourth-order valence-corrected chi connectivity index (χ4v) is 4.97. The van der Waals surface area contributed by atoms with Crippen LogP contribution in [0.1, 0.15) is 76.7 Å². The zero-order chi connectivity index (χ0) is 22.1. The number of aromatic nitrogens is 2. The van der Waals surface area contributed by atoms with Crippen LogP contribution in [0, 0.1) is 6.92 Å². The molecular weight excluding hydrogens is 390 g/mol. The summed E-state index contributed by atoms with van der Waals surface area (Å²) in [7, 11) is 1.68. The number of hydrogen-bond acceptors (Lipinski definition) is 3. The quantitative estimate of drug-likeness (QED) is 0.551. The van der Waals surface area contributed by atoms with Crippen LogP contribution in [-0.2, 0) is 6.42 Å². The Morgan fingerprint density at radius 3 is 2.61 bits per heavy atom. The first kappa shape index (κ1) is 21.2. The highest BCUT2D eigenvalue weighted by Crippen LogP contribution is 2.35. The summed E-state index contributed by atoms with van der Waals surface area (Å²) >= 11 is 0. The lowest BCUT2D eigenvalue weighted by Crippen LogP contribution is -2.38. The molecule has 0 bridgehead atoms. The molecule has 31 heavy (non-hydrogen) atoms. The van der Waals surface area contributed by atoms with Crippen molar-refractivity contribution in [3.63, 3.8) is 0 Å². The molecule has 3 heterocycles. The number of H-pyrrole nitrogens is 2. The lowest BCUT2D eigenvalue weighted by atomic mass is 9.89. The van der Waals surface area contributed by atoms with Gasteiger partial charge >= 0.3 is 0 Å². The molecule has 4 rings (SSSR count). The number of nitrogens with one attached hydrogen (secondary N) is 2. The van der Waals surface area contributed by atoms with E-state index < -0.39 is 0 Å². The highest BCUT2D eigenvalue weighted by atomic mass is 16.5. The molecular formula is C25H31N3O3. The van der Waals surface area contributed by atoms with E-state index in [1.807, 2.05) is 24.0 Å². The number of likely N-dealkylation sites (tertiary alicyclic amines) is 1. The number of benzene rings is 1. The van der Waals surface area contributed by atoms with Crippen molar-refractivity contribution in [3.8, 4) is 5.75 Å². The molecule has 1 amide bonds. The maximum absolute atomic E-state index is 13.3. The summed E-state index contributed by atoms with van der Waals surface area (Å²) in [5.74, 6) is 1.29. The number of piperidine rings is 1. The van der Waals surface area contributed by atoms with E-state index in [4.69, 9.17) is 4.74 Å². The molecule has 3 aromatic rings. The molecule has 0 atom stereocenters. The second kappa shape index (κ2) is 8.61. The summed E-state index contributed by atoms with van der Waals surface area (Å²) in [6, 6.07) is 6.10. The van der Waals surface area contributed by atoms with Crippen LogP contribution in [0.5, 0.6) is 5.75 Å². The van der Waals surface area contributed by atoms with Gasteiger partial charge in [0, 0.05) is 41.4 Å². The fourth-order valence-electron chi connectivity index (χ4n) is 4.97. The minimum atomic E-state index is 0.0121. The second-order valence-electron chi connectivity index (χ2n) is 8.51. The summed E-state index contributed by atoms with van der Waals surface area (Å²) in [6.45, 7) is 6.94. The van der Waals surface area contributed by atoms with Crippen molar-refractivity contribution >= 4 is 22.6 Å². The van der Waals surface area contributed by atoms with E-state index in [1.165, 1.54) is 10.9 Å². The minimum Gasteiger partial charge on any atom is -0.497 e. The number of hydrogen-bond donors (Lipinski definition) is 2. The van der Waals surface area contributed by atoms with E-state index in [1.54, 1.807) is 14.0 Å². The Kier molecular flexibility index (Phi) is 5.90. The van der Waals surface area contributed by atoms with Gasteiger partial charge in [0.05, 0.1) is 7.11 Å². The number of Topliss-reactive ketones (excluding diaryl/α,β-unsaturated/α-hetero) is 1. The van der Waals surface area contributed by atoms with Gasteiger partial charge in [-0.05, 0) is 68.4 Å². The molecule has 1 aromatic carbocycles. The summed E-state index contributed by atoms with van der Waals surface area (Å²) in [5, 5.41) is 1.19. The van der Waals surface area contributed by atoms with Crippen LogP contribution in [0.25, 0.3) is 10.9 Å². The van der Waals surface area contributed by atoms with Gasteiger partial charge in [0.15, 0.2) is 5.78 Å². The maximum Gasteiger partial charge on any atom is 0.270 e. The third-order valence-electron chi connectivity index (χ3n) is 6.50. The van der Waals surface area contributed by atoms with E-state index in [2.05, 4.69) is 29.2 Å². The van der Waals surface area contributed by atoms with Gasteiger partial charge < -0.3 is 19.6 Å². The average Bonchev–Trinajstić information content (AvgIpc) is 3.34. The number of methoxy groups -OCH3 is 1. The van der Waals surface area contributed by atoms with Gasteiger partial charge in [-0.2, -0.15) is 0 Å². The third-order valence-corrected chi connectivity index (χ3v) is 6.50. The number of carbonyl (C=O) groups is 2. The first-order valence-electron chi connectivity index (χ1n) is 11.1. The van der Waals surface area contributed by atoms with Crippen molar-refractivity contribution < 1.29 is 14.3 Å². The van der Waals surface area contributed by atoms with Crippen LogP contribution < -0.4 is 4.74 Å². The van der Waals surface area contributed by atoms with Gasteiger partial charge in [0.1, 0.15) is 11.4 Å². The van der Waals surface area contributed by atoms with Crippen molar-refractivity contribution in [2.75, 3.05) is 20.2 Å². The van der Waals surface area contributed by atoms with E-state index >= 15 is 0 Å². The molecule has 0 radical (unpaired) electrons. The standard InChI is InChI=1S/C25H31N3O3/c1-5-6-19-23(16(3)29)15(2)27-24(19)25(30)28-11-9-17(10-12-28)21-14-26-22-8-7-18(31-4)13-20(21)22/h7-8,13-14,17,26-27H,5-6,9-12H2,1-4H3. The molecule has 1 aliphatic heterocycles. The van der Waals surface area contributed by atoms with Crippen molar-refractivity contribution in [3.05, 3.63) is 52.5 Å². The number of ketones is 1. The topological polar surface area (TPSA) is 78.2 Å². The van der Waals surface area contributed by atoms with Gasteiger partial charge in [0.2, 0.25) is 0 Å². The summed E-state index contributed by atoms with van der Waals surface area (Å²) in [4.78, 5) is 34.0. The van der Waals surface area contributed by atoms with Crippen LogP contribution in [0.15, 0.2) is 24.4 Å². The minimum absolute atomic E-state index is 0.0121. The predicted octanol–water partition coefficient (Wildman–Crippen LogP) is 4.99. The third kappa shape index (κ3) is 3.87. The number of rotatable bonds is 6. The molecule has 0 saturated carbocycles. The Morgan fingerprint density at radius 1 is 1.23 bits per heavy atom. The molecule has 0 spiro atoms. The highest BCUT2D eigenvalue weighted by molar-refractivity contribution is 6.02. The van der Waals surface area contributed by atoms with E-state index in [0.29, 0.717) is 30.3 Å². The van der Waals surface area contributed by atoms with Crippen LogP contribution >= 0.6 is 0 Å². The normalized spacial score (nSPS) is 14.9. The first-order chi connectivity index (χ1) is 14.9. The molecule has 0 aliphatic carbocycles. The second-order valence-corrected chi connectivity index (χ2v) is 8.51. The fraction of sp³-hybridized carbons (Fsp3) is 0.440. The van der Waals surface area contributed by atoms with Gasteiger partial charge in [0.25, 0.3) is 5.91 Å². The zero-order valence-corrected chi connectivity index (χ0v) is 18.8. The largest absolute Gasteiger partial charge is 0.497 e. The Balaban J connectivity index is 1.53. The molecule has 2 aromatic heterocycles. The van der Waals surface area contributed by atoms with Crippen molar-refractivity contribution in [2.24, 2.45) is 0 Å². The Morgan fingerprint density at radius 2 is 1.97 bits per heavy atom. The lowest BCUT2D eigenvalue weighted by Gasteiger charge is -2.32. The van der Waals surface area contributed by atoms with Crippen LogP contribution in [0.2, 0.25) is 0 Å². The van der Waals surface area contributed by atoms with Gasteiger partial charge in [-0.25, -0.2) is 0 Å². The van der Waals surface area contributed by atoms with E-state index in [9.17, 15) is 9.59 Å². The number of aryl methyl sites for hydroxylation is 1. The SMILES string of the molecule is CCCc1c(C(=O)N2CCC(c3c[nH]c4ccc(OC)cc34)CC2)[nH]c(C)c1C(C)=O. The Labute approximate surface area is 183 Å². The monoisotopic (exact) mass is 421 g/mol. The molecule has 1 fully saturated rings. The molecule has 6 nitrogen and oxygen atoms in total. The number of nitrogens with zero attached hydrogens (tertiary/aromatic N) is 1. The lowest BCUT2D eigenvalue weighted by molar-refractivity contribution is 0.0706. The maximum atomic E-state index is 13.3. The van der Waals surface area contributed by atoms with Crippen molar-refractivity contribution in [1.29, 1.82) is 0 Å². The number of carbonyl (C=O) groups excluding carboxylic acids is 2. The van der Waals surface area contributed by atoms with Crippen LogP contribution in [-0.4, -0.2) is 46.8 Å². The number of amides is 1.